The van der Waals surface area contributed by atoms with Crippen molar-refractivity contribution in [2.45, 2.75) is 32.0 Å². The van der Waals surface area contributed by atoms with E-state index in [2.05, 4.69) is 0 Å². The highest BCUT2D eigenvalue weighted by Gasteiger charge is 2.58. The van der Waals surface area contributed by atoms with Gasteiger partial charge in [0.1, 0.15) is 12.1 Å². The molecular weight excluding hydrogens is 408 g/mol. The van der Waals surface area contributed by atoms with Crippen LogP contribution in [0.4, 0.5) is 0 Å². The number of amides is 3. The molecule has 32 heavy (non-hydrogen) atoms. The fraction of sp³-hybridized carbons (Fsp3) is 0.280. The fourth-order valence-corrected chi connectivity index (χ4v) is 4.36. The summed E-state index contributed by atoms with van der Waals surface area (Å²) in [5, 5.41) is 0. The molecule has 1 saturated heterocycles. The number of benzene rings is 2. The van der Waals surface area contributed by atoms with E-state index in [1.807, 2.05) is 50.3 Å². The second-order valence-corrected chi connectivity index (χ2v) is 8.19. The predicted molar refractivity (Wildman–Crippen MR) is 117 cm³/mol. The van der Waals surface area contributed by atoms with Crippen molar-refractivity contribution in [1.29, 1.82) is 0 Å². The molecule has 4 rings (SSSR count). The quantitative estimate of drug-likeness (QED) is 0.398. The Balaban J connectivity index is 1.72. The van der Waals surface area contributed by atoms with Crippen LogP contribution in [0.1, 0.15) is 40.1 Å². The summed E-state index contributed by atoms with van der Waals surface area (Å²) in [6, 6.07) is 13.5. The molecule has 0 bridgehead atoms. The molecule has 1 fully saturated rings. The zero-order valence-corrected chi connectivity index (χ0v) is 18.1. The summed E-state index contributed by atoms with van der Waals surface area (Å²) in [6.07, 6.45) is 3.59. The van der Waals surface area contributed by atoms with Gasteiger partial charge in [-0.1, -0.05) is 68.5 Å². The fourth-order valence-electron chi connectivity index (χ4n) is 4.36. The lowest BCUT2D eigenvalue weighted by Gasteiger charge is -2.51. The maximum atomic E-state index is 13.3. The monoisotopic (exact) mass is 432 g/mol. The lowest BCUT2D eigenvalue weighted by molar-refractivity contribution is -0.170. The number of esters is 1. The number of nitrogens with zero attached hydrogens (tertiary/aromatic N) is 2. The molecule has 2 aliphatic rings. The molecule has 0 saturated carbocycles. The zero-order chi connectivity index (χ0) is 23.0. The molecule has 2 aromatic rings. The molecule has 2 aliphatic heterocycles. The highest BCUT2D eigenvalue weighted by Crippen LogP contribution is 2.36. The first-order chi connectivity index (χ1) is 15.4. The van der Waals surface area contributed by atoms with E-state index in [1.165, 1.54) is 12.0 Å². The van der Waals surface area contributed by atoms with Crippen molar-refractivity contribution < 1.29 is 23.9 Å². The van der Waals surface area contributed by atoms with E-state index in [-0.39, 0.29) is 17.0 Å². The summed E-state index contributed by atoms with van der Waals surface area (Å²) < 4.78 is 4.94. The third-order valence-electron chi connectivity index (χ3n) is 5.92. The van der Waals surface area contributed by atoms with Crippen LogP contribution in [0.15, 0.2) is 60.7 Å². The highest BCUT2D eigenvalue weighted by atomic mass is 16.5. The summed E-state index contributed by atoms with van der Waals surface area (Å²) in [7, 11) is 1.28. The van der Waals surface area contributed by atoms with Crippen molar-refractivity contribution in [3.63, 3.8) is 0 Å². The van der Waals surface area contributed by atoms with Crippen molar-refractivity contribution in [3.8, 4) is 0 Å². The van der Waals surface area contributed by atoms with Gasteiger partial charge in [-0.15, -0.1) is 0 Å². The van der Waals surface area contributed by atoms with Crippen LogP contribution in [0.25, 0.3) is 6.08 Å². The number of β-lactam (4-membered cyclic amide) rings is 1. The Kier molecular flexibility index (Phi) is 5.65. The first-order valence-corrected chi connectivity index (χ1v) is 10.5. The summed E-state index contributed by atoms with van der Waals surface area (Å²) >= 11 is 0. The number of fused-ring (bicyclic) bond motifs is 1. The van der Waals surface area contributed by atoms with E-state index in [1.54, 1.807) is 30.3 Å². The van der Waals surface area contributed by atoms with Crippen LogP contribution in [0.3, 0.4) is 0 Å². The molecule has 3 amide bonds. The Morgan fingerprint density at radius 1 is 0.938 bits per heavy atom. The largest absolute Gasteiger partial charge is 0.467 e. The van der Waals surface area contributed by atoms with Gasteiger partial charge in [0.2, 0.25) is 5.91 Å². The molecule has 0 aromatic heterocycles. The normalized spacial score (nSPS) is 21.2. The van der Waals surface area contributed by atoms with Crippen LogP contribution < -0.4 is 0 Å². The third kappa shape index (κ3) is 3.39. The number of ether oxygens (including phenoxy) is 1. The van der Waals surface area contributed by atoms with Crippen molar-refractivity contribution in [2.75, 3.05) is 7.11 Å². The topological polar surface area (TPSA) is 84.0 Å². The summed E-state index contributed by atoms with van der Waals surface area (Å²) in [5.74, 6) is -2.21. The number of likely N-dealkylation sites (tertiary alicyclic amines) is 1. The lowest BCUT2D eigenvalue weighted by Crippen LogP contribution is -2.74. The first kappa shape index (κ1) is 21.5. The van der Waals surface area contributed by atoms with Gasteiger partial charge in [-0.25, -0.2) is 4.79 Å². The number of carbonyl (C=O) groups excluding carboxylic acids is 4. The number of imide groups is 1. The molecule has 0 radical (unpaired) electrons. The Labute approximate surface area is 186 Å². The zero-order valence-electron chi connectivity index (χ0n) is 18.1. The van der Waals surface area contributed by atoms with Crippen molar-refractivity contribution in [1.82, 2.24) is 9.80 Å². The minimum atomic E-state index is -1.02. The molecule has 0 unspecified atom stereocenters. The van der Waals surface area contributed by atoms with Gasteiger partial charge in [0, 0.05) is 0 Å². The molecule has 0 spiro atoms. The summed E-state index contributed by atoms with van der Waals surface area (Å²) in [4.78, 5) is 54.3. The number of rotatable bonds is 6. The third-order valence-corrected chi connectivity index (χ3v) is 5.92. The van der Waals surface area contributed by atoms with Crippen LogP contribution in [0.5, 0.6) is 0 Å². The van der Waals surface area contributed by atoms with Crippen molar-refractivity contribution in [2.24, 2.45) is 5.92 Å². The molecule has 164 valence electrons. The van der Waals surface area contributed by atoms with Gasteiger partial charge in [0.15, 0.2) is 0 Å². The van der Waals surface area contributed by atoms with Gasteiger partial charge in [-0.2, -0.15) is 0 Å². The van der Waals surface area contributed by atoms with E-state index >= 15 is 0 Å². The van der Waals surface area contributed by atoms with Gasteiger partial charge < -0.3 is 9.64 Å². The molecular formula is C25H24N2O5. The predicted octanol–water partition coefficient (Wildman–Crippen LogP) is 2.77. The molecule has 2 aromatic carbocycles. The number of hydrogen-bond donors (Lipinski definition) is 0. The van der Waals surface area contributed by atoms with E-state index in [9.17, 15) is 19.2 Å². The number of methoxy groups -OCH3 is 1. The van der Waals surface area contributed by atoms with Crippen LogP contribution in [0, 0.1) is 5.92 Å². The van der Waals surface area contributed by atoms with Crippen LogP contribution >= 0.6 is 0 Å². The Hall–Kier alpha value is -3.74. The van der Waals surface area contributed by atoms with E-state index in [0.717, 1.165) is 10.5 Å². The number of hydrogen-bond acceptors (Lipinski definition) is 5. The van der Waals surface area contributed by atoms with Crippen LogP contribution in [-0.2, 0) is 14.3 Å². The SMILES string of the molecule is COC(=O)[C@H](C(C)C)N1C(=O)[C@H](N2C(=O)c3ccccc3C2=O)[C@@H]1C=Cc1ccccc1. The van der Waals surface area contributed by atoms with Gasteiger partial charge >= 0.3 is 5.97 Å². The Bertz CT molecular complexity index is 1070. The number of carbonyl (C=O) groups is 4. The van der Waals surface area contributed by atoms with Crippen LogP contribution in [0.2, 0.25) is 0 Å². The Morgan fingerprint density at radius 3 is 2.03 bits per heavy atom. The van der Waals surface area contributed by atoms with Crippen LogP contribution in [-0.4, -0.2) is 58.7 Å². The van der Waals surface area contributed by atoms with Gasteiger partial charge in [0.05, 0.1) is 24.3 Å². The van der Waals surface area contributed by atoms with Gasteiger partial charge in [0.25, 0.3) is 11.8 Å². The highest BCUT2D eigenvalue weighted by molar-refractivity contribution is 6.23. The minimum Gasteiger partial charge on any atom is -0.467 e. The second-order valence-electron chi connectivity index (χ2n) is 8.19. The average Bonchev–Trinajstić information content (AvgIpc) is 3.05. The molecule has 7 heteroatoms. The lowest BCUT2D eigenvalue weighted by atomic mass is 9.86. The molecule has 0 N–H and O–H groups in total. The maximum absolute atomic E-state index is 13.3. The van der Waals surface area contributed by atoms with Gasteiger partial charge in [-0.3, -0.25) is 19.3 Å². The Morgan fingerprint density at radius 2 is 1.50 bits per heavy atom. The summed E-state index contributed by atoms with van der Waals surface area (Å²) in [6.45, 7) is 3.64. The van der Waals surface area contributed by atoms with E-state index in [0.29, 0.717) is 0 Å². The minimum absolute atomic E-state index is 0.220. The molecule has 0 aliphatic carbocycles. The molecule has 3 atom stereocenters. The molecule has 7 nitrogen and oxygen atoms in total. The second kappa shape index (κ2) is 8.42. The first-order valence-electron chi connectivity index (χ1n) is 10.5. The van der Waals surface area contributed by atoms with E-state index in [4.69, 9.17) is 4.74 Å². The van der Waals surface area contributed by atoms with Crippen molar-refractivity contribution in [3.05, 3.63) is 77.4 Å². The van der Waals surface area contributed by atoms with E-state index < -0.39 is 41.8 Å². The summed E-state index contributed by atoms with van der Waals surface area (Å²) in [5.41, 5.74) is 1.46. The average molecular weight is 432 g/mol. The maximum Gasteiger partial charge on any atom is 0.328 e. The molecule has 2 heterocycles. The smallest absolute Gasteiger partial charge is 0.328 e. The van der Waals surface area contributed by atoms with Gasteiger partial charge in [-0.05, 0) is 23.6 Å². The standard InChI is InChI=1S/C25H24N2O5/c1-15(2)20(25(31)32-3)26-19(14-13-16-9-5-4-6-10-16)21(24(26)30)27-22(28)17-11-7-8-12-18(17)23(27)29/h4-15,19-21H,1-3H3/t19-,20-,21+/m0/s1. The van der Waals surface area contributed by atoms with Crippen molar-refractivity contribution >= 4 is 29.8 Å².